The fourth-order valence-electron chi connectivity index (χ4n) is 7.54. The Balaban J connectivity index is 1.11. The Labute approximate surface area is 310 Å². The maximum Gasteiger partial charge on any atom is 0.135 e. The first-order valence-corrected chi connectivity index (χ1v) is 18.0. The van der Waals surface area contributed by atoms with Crippen molar-refractivity contribution in [2.75, 3.05) is 4.90 Å². The summed E-state index contributed by atoms with van der Waals surface area (Å²) in [5.41, 5.74) is 14.7. The van der Waals surface area contributed by atoms with Crippen molar-refractivity contribution in [1.82, 2.24) is 0 Å². The molecule has 0 bridgehead atoms. The monoisotopic (exact) mass is 679 g/mol. The number of aryl methyl sites for hydroxylation is 1. The highest BCUT2D eigenvalue weighted by atomic mass is 16.3. The van der Waals surface area contributed by atoms with Crippen molar-refractivity contribution in [2.24, 2.45) is 0 Å². The van der Waals surface area contributed by atoms with Crippen molar-refractivity contribution in [3.63, 3.8) is 0 Å². The minimum absolute atomic E-state index is 0.906. The topological polar surface area (TPSA) is 16.4 Å². The molecule has 8 aromatic carbocycles. The Morgan fingerprint density at radius 1 is 0.453 bits per heavy atom. The normalized spacial score (nSPS) is 11.5. The molecular weight excluding hydrogens is 643 g/mol. The lowest BCUT2D eigenvalue weighted by atomic mass is 9.91. The van der Waals surface area contributed by atoms with Gasteiger partial charge in [0, 0.05) is 27.8 Å². The van der Waals surface area contributed by atoms with Gasteiger partial charge in [-0.25, -0.2) is 0 Å². The Morgan fingerprint density at radius 2 is 0.962 bits per heavy atom. The van der Waals surface area contributed by atoms with Crippen LogP contribution >= 0.6 is 0 Å². The van der Waals surface area contributed by atoms with Crippen LogP contribution in [0.2, 0.25) is 0 Å². The van der Waals surface area contributed by atoms with E-state index in [2.05, 4.69) is 188 Å². The zero-order valence-corrected chi connectivity index (χ0v) is 29.5. The molecule has 0 N–H and O–H groups in total. The molecule has 0 saturated carbocycles. The van der Waals surface area contributed by atoms with Crippen LogP contribution in [0.5, 0.6) is 0 Å². The van der Waals surface area contributed by atoms with Gasteiger partial charge in [-0.1, -0.05) is 146 Å². The fourth-order valence-corrected chi connectivity index (χ4v) is 7.54. The molecule has 0 spiro atoms. The van der Waals surface area contributed by atoms with Crippen LogP contribution in [-0.2, 0) is 0 Å². The SMILES string of the molecule is C=C/C=C\c1c(C)cc(-c2ccc(N(c3ccc(-c4ccccc4)cc3)c3ccc(-c4ccc5oc6ccccc6c5c4)cc3)cc2)c2ccccc12. The summed E-state index contributed by atoms with van der Waals surface area (Å²) in [5, 5.41) is 4.75. The zero-order valence-electron chi connectivity index (χ0n) is 29.5. The summed E-state index contributed by atoms with van der Waals surface area (Å²) < 4.78 is 6.10. The van der Waals surface area contributed by atoms with Gasteiger partial charge in [0.2, 0.25) is 0 Å². The third kappa shape index (κ3) is 6.01. The van der Waals surface area contributed by atoms with Gasteiger partial charge in [0.15, 0.2) is 0 Å². The average molecular weight is 680 g/mol. The van der Waals surface area contributed by atoms with Crippen LogP contribution in [0.3, 0.4) is 0 Å². The molecule has 0 fully saturated rings. The zero-order chi connectivity index (χ0) is 35.7. The van der Waals surface area contributed by atoms with Crippen molar-refractivity contribution in [2.45, 2.75) is 6.92 Å². The predicted octanol–water partition coefficient (Wildman–Crippen LogP) is 14.7. The van der Waals surface area contributed by atoms with Crippen molar-refractivity contribution >= 4 is 55.8 Å². The van der Waals surface area contributed by atoms with E-state index in [0.29, 0.717) is 0 Å². The van der Waals surface area contributed by atoms with Gasteiger partial charge in [-0.05, 0) is 117 Å². The summed E-state index contributed by atoms with van der Waals surface area (Å²) >= 11 is 0. The van der Waals surface area contributed by atoms with Crippen molar-refractivity contribution in [3.8, 4) is 33.4 Å². The maximum absolute atomic E-state index is 6.10. The van der Waals surface area contributed by atoms with Gasteiger partial charge in [-0.2, -0.15) is 0 Å². The largest absolute Gasteiger partial charge is 0.456 e. The van der Waals surface area contributed by atoms with E-state index in [4.69, 9.17) is 4.42 Å². The second kappa shape index (κ2) is 13.7. The lowest BCUT2D eigenvalue weighted by Crippen LogP contribution is -2.09. The molecule has 53 heavy (non-hydrogen) atoms. The molecule has 0 aliphatic heterocycles. The molecular formula is C51H37NO. The lowest BCUT2D eigenvalue weighted by Gasteiger charge is -2.26. The number of hydrogen-bond acceptors (Lipinski definition) is 2. The number of nitrogens with zero attached hydrogens (tertiary/aromatic N) is 1. The molecule has 1 aromatic heterocycles. The third-order valence-electron chi connectivity index (χ3n) is 10.2. The Hall–Kier alpha value is -6.90. The van der Waals surface area contributed by atoms with E-state index in [1.54, 1.807) is 0 Å². The van der Waals surface area contributed by atoms with E-state index < -0.39 is 0 Å². The highest BCUT2D eigenvalue weighted by molar-refractivity contribution is 6.06. The first kappa shape index (κ1) is 32.0. The van der Waals surface area contributed by atoms with Gasteiger partial charge < -0.3 is 9.32 Å². The average Bonchev–Trinajstić information content (AvgIpc) is 3.60. The number of hydrogen-bond donors (Lipinski definition) is 0. The number of rotatable bonds is 8. The number of allylic oxidation sites excluding steroid dienone is 2. The van der Waals surface area contributed by atoms with Crippen molar-refractivity contribution in [3.05, 3.63) is 206 Å². The number of benzene rings is 8. The van der Waals surface area contributed by atoms with Gasteiger partial charge in [0.25, 0.3) is 0 Å². The van der Waals surface area contributed by atoms with E-state index >= 15 is 0 Å². The van der Waals surface area contributed by atoms with Crippen LogP contribution in [0.25, 0.3) is 72.2 Å². The number of fused-ring (bicyclic) bond motifs is 4. The van der Waals surface area contributed by atoms with Crippen molar-refractivity contribution < 1.29 is 4.42 Å². The van der Waals surface area contributed by atoms with Gasteiger partial charge in [0.05, 0.1) is 0 Å². The number of furan rings is 1. The molecule has 0 aliphatic rings. The molecule has 1 heterocycles. The molecule has 0 saturated heterocycles. The molecule has 0 aliphatic carbocycles. The molecule has 0 amide bonds. The molecule has 252 valence electrons. The lowest BCUT2D eigenvalue weighted by molar-refractivity contribution is 0.669. The van der Waals surface area contributed by atoms with Gasteiger partial charge >= 0.3 is 0 Å². The van der Waals surface area contributed by atoms with Crippen LogP contribution in [0.4, 0.5) is 17.1 Å². The summed E-state index contributed by atoms with van der Waals surface area (Å²) in [7, 11) is 0. The first-order chi connectivity index (χ1) is 26.1. The van der Waals surface area contributed by atoms with E-state index in [-0.39, 0.29) is 0 Å². The molecule has 2 heteroatoms. The quantitative estimate of drug-likeness (QED) is 0.149. The van der Waals surface area contributed by atoms with Crippen LogP contribution in [0.1, 0.15) is 11.1 Å². The smallest absolute Gasteiger partial charge is 0.135 e. The molecule has 9 rings (SSSR count). The standard InChI is InChI=1S/C51H37NO/c1-3-4-14-44-35(2)33-48(46-16-9-8-15-45(44)46)39-23-30-43(31-24-39)52(41-26-19-37(20-27-41)36-12-6-5-7-13-36)42-28-21-38(22-29-42)40-25-32-51-49(34-40)47-17-10-11-18-50(47)53-51/h3-34H,1H2,2H3/b14-4-. The number of anilines is 3. The molecule has 9 aromatic rings. The van der Waals surface area contributed by atoms with Crippen molar-refractivity contribution in [1.29, 1.82) is 0 Å². The van der Waals surface area contributed by atoms with E-state index in [0.717, 1.165) is 50.1 Å². The number of para-hydroxylation sites is 1. The minimum atomic E-state index is 0.906. The van der Waals surface area contributed by atoms with Crippen LogP contribution in [0, 0.1) is 6.92 Å². The Bertz CT molecular complexity index is 2770. The first-order valence-electron chi connectivity index (χ1n) is 18.0. The summed E-state index contributed by atoms with van der Waals surface area (Å²) in [6.07, 6.45) is 6.00. The summed E-state index contributed by atoms with van der Waals surface area (Å²) in [4.78, 5) is 2.33. The second-order valence-electron chi connectivity index (χ2n) is 13.4. The third-order valence-corrected chi connectivity index (χ3v) is 10.2. The van der Waals surface area contributed by atoms with Gasteiger partial charge in [0.1, 0.15) is 11.2 Å². The van der Waals surface area contributed by atoms with Crippen LogP contribution in [0.15, 0.2) is 199 Å². The minimum Gasteiger partial charge on any atom is -0.456 e. The molecule has 2 nitrogen and oxygen atoms in total. The fraction of sp³-hybridized carbons (Fsp3) is 0.0196. The predicted molar refractivity (Wildman–Crippen MR) is 226 cm³/mol. The van der Waals surface area contributed by atoms with E-state index in [1.165, 1.54) is 44.2 Å². The van der Waals surface area contributed by atoms with Gasteiger partial charge in [-0.3, -0.25) is 0 Å². The Kier molecular flexibility index (Phi) is 8.26. The highest BCUT2D eigenvalue weighted by Gasteiger charge is 2.16. The summed E-state index contributed by atoms with van der Waals surface area (Å²) in [6.45, 7) is 6.06. The maximum atomic E-state index is 6.10. The molecule has 0 unspecified atom stereocenters. The highest BCUT2D eigenvalue weighted by Crippen LogP contribution is 2.40. The van der Waals surface area contributed by atoms with Crippen LogP contribution < -0.4 is 4.90 Å². The van der Waals surface area contributed by atoms with E-state index in [1.807, 2.05) is 24.3 Å². The molecule has 0 atom stereocenters. The van der Waals surface area contributed by atoms with E-state index in [9.17, 15) is 0 Å². The van der Waals surface area contributed by atoms with Gasteiger partial charge in [-0.15, -0.1) is 0 Å². The summed E-state index contributed by atoms with van der Waals surface area (Å²) in [6, 6.07) is 62.9. The molecule has 0 radical (unpaired) electrons. The van der Waals surface area contributed by atoms with Crippen LogP contribution in [-0.4, -0.2) is 0 Å². The Morgan fingerprint density at radius 3 is 1.62 bits per heavy atom. The second-order valence-corrected chi connectivity index (χ2v) is 13.4. The summed E-state index contributed by atoms with van der Waals surface area (Å²) in [5.74, 6) is 0.